The van der Waals surface area contributed by atoms with Gasteiger partial charge in [0, 0.05) is 10.8 Å². The second kappa shape index (κ2) is 6.35. The Kier molecular flexibility index (Phi) is 4.30. The van der Waals surface area contributed by atoms with Crippen molar-refractivity contribution in [1.82, 2.24) is 0 Å². The van der Waals surface area contributed by atoms with Gasteiger partial charge in [0.25, 0.3) is 0 Å². The van der Waals surface area contributed by atoms with E-state index >= 15 is 0 Å². The highest BCUT2D eigenvalue weighted by molar-refractivity contribution is 8.15. The molecule has 0 radical (unpaired) electrons. The molecule has 3 rings (SSSR count). The number of rotatable bonds is 3. The van der Waals surface area contributed by atoms with Gasteiger partial charge in [-0.3, -0.25) is 0 Å². The van der Waals surface area contributed by atoms with E-state index in [4.69, 9.17) is 9.73 Å². The number of hydrogen-bond acceptors (Lipinski definition) is 3. The number of thioether (sulfide) groups is 1. The van der Waals surface area contributed by atoms with E-state index in [9.17, 15) is 0 Å². The van der Waals surface area contributed by atoms with Gasteiger partial charge in [0.05, 0.1) is 12.8 Å². The number of benzene rings is 2. The van der Waals surface area contributed by atoms with Gasteiger partial charge in [-0.25, -0.2) is 4.99 Å². The van der Waals surface area contributed by atoms with E-state index in [1.165, 1.54) is 5.56 Å². The summed E-state index contributed by atoms with van der Waals surface area (Å²) in [5.41, 5.74) is 3.61. The van der Waals surface area contributed by atoms with Gasteiger partial charge < -0.3 is 4.74 Å². The Morgan fingerprint density at radius 3 is 2.62 bits per heavy atom. The molecule has 0 spiro atoms. The van der Waals surface area contributed by atoms with Crippen molar-refractivity contribution < 1.29 is 4.74 Å². The molecule has 0 N–H and O–H groups in total. The van der Waals surface area contributed by atoms with Crippen molar-refractivity contribution in [1.29, 1.82) is 0 Å². The minimum absolute atomic E-state index is 0.578. The lowest BCUT2D eigenvalue weighted by molar-refractivity contribution is 0.415. The van der Waals surface area contributed by atoms with Crippen LogP contribution in [0.1, 0.15) is 24.5 Å². The highest BCUT2D eigenvalue weighted by Crippen LogP contribution is 2.34. The zero-order valence-corrected chi connectivity index (χ0v) is 13.2. The lowest BCUT2D eigenvalue weighted by atomic mass is 10.1. The van der Waals surface area contributed by atoms with E-state index in [1.807, 2.05) is 23.9 Å². The van der Waals surface area contributed by atoms with Crippen molar-refractivity contribution in [3.8, 4) is 5.75 Å². The molecule has 1 unspecified atom stereocenters. The molecule has 1 atom stereocenters. The first-order valence-electron chi connectivity index (χ1n) is 7.28. The zero-order valence-electron chi connectivity index (χ0n) is 12.4. The molecular weight excluding hydrogens is 278 g/mol. The highest BCUT2D eigenvalue weighted by atomic mass is 32.2. The van der Waals surface area contributed by atoms with Gasteiger partial charge in [-0.2, -0.15) is 0 Å². The predicted octanol–water partition coefficient (Wildman–Crippen LogP) is 4.84. The Bertz CT molecular complexity index is 649. The largest absolute Gasteiger partial charge is 0.497 e. The zero-order chi connectivity index (χ0) is 14.7. The quantitative estimate of drug-likeness (QED) is 0.808. The van der Waals surface area contributed by atoms with Crippen LogP contribution in [-0.4, -0.2) is 17.4 Å². The first-order chi connectivity index (χ1) is 10.3. The minimum atomic E-state index is 0.578. The van der Waals surface area contributed by atoms with Crippen LogP contribution >= 0.6 is 11.8 Å². The molecule has 0 aromatic heterocycles. The van der Waals surface area contributed by atoms with E-state index in [-0.39, 0.29) is 0 Å². The summed E-state index contributed by atoms with van der Waals surface area (Å²) in [6.07, 6.45) is 2.23. The third-order valence-electron chi connectivity index (χ3n) is 3.73. The first-order valence-corrected chi connectivity index (χ1v) is 8.15. The van der Waals surface area contributed by atoms with Crippen molar-refractivity contribution in [3.05, 3.63) is 59.7 Å². The van der Waals surface area contributed by atoms with Gasteiger partial charge in [0.2, 0.25) is 0 Å². The minimum Gasteiger partial charge on any atom is -0.497 e. The van der Waals surface area contributed by atoms with Gasteiger partial charge in [-0.05, 0) is 48.7 Å². The van der Waals surface area contributed by atoms with Crippen molar-refractivity contribution in [2.75, 3.05) is 7.11 Å². The molecular formula is C18H19NOS. The van der Waals surface area contributed by atoms with Crippen molar-refractivity contribution in [2.24, 2.45) is 4.99 Å². The number of para-hydroxylation sites is 1. The Morgan fingerprint density at radius 2 is 1.90 bits per heavy atom. The molecule has 1 heterocycles. The molecule has 1 aliphatic heterocycles. The molecule has 21 heavy (non-hydrogen) atoms. The van der Waals surface area contributed by atoms with Crippen LogP contribution in [0.2, 0.25) is 0 Å². The van der Waals surface area contributed by atoms with Crippen molar-refractivity contribution in [3.63, 3.8) is 0 Å². The van der Waals surface area contributed by atoms with Crippen molar-refractivity contribution in [2.45, 2.75) is 25.0 Å². The Hall–Kier alpha value is -1.74. The number of fused-ring (bicyclic) bond motifs is 1. The molecule has 0 saturated carbocycles. The van der Waals surface area contributed by atoms with Crippen LogP contribution in [0.5, 0.6) is 5.75 Å². The summed E-state index contributed by atoms with van der Waals surface area (Å²) in [6, 6.07) is 16.6. The maximum atomic E-state index is 5.23. The molecule has 1 aliphatic rings. The number of ether oxygens (including phenoxy) is 1. The van der Waals surface area contributed by atoms with E-state index < -0.39 is 0 Å². The molecule has 2 aromatic rings. The van der Waals surface area contributed by atoms with Gasteiger partial charge in [0.15, 0.2) is 0 Å². The van der Waals surface area contributed by atoms with E-state index in [0.29, 0.717) is 5.25 Å². The molecule has 2 aromatic carbocycles. The lowest BCUT2D eigenvalue weighted by Crippen LogP contribution is -2.07. The molecule has 0 fully saturated rings. The molecule has 3 heteroatoms. The molecule has 2 nitrogen and oxygen atoms in total. The van der Waals surface area contributed by atoms with Crippen LogP contribution in [0.15, 0.2) is 53.5 Å². The highest BCUT2D eigenvalue weighted by Gasteiger charge is 2.19. The second-order valence-electron chi connectivity index (χ2n) is 5.13. The van der Waals surface area contributed by atoms with Crippen LogP contribution in [0.25, 0.3) is 0 Å². The van der Waals surface area contributed by atoms with Gasteiger partial charge in [-0.15, -0.1) is 11.8 Å². The number of methoxy groups -OCH3 is 1. The monoisotopic (exact) mass is 297 g/mol. The fourth-order valence-corrected chi connectivity index (χ4v) is 3.64. The number of hydrogen-bond donors (Lipinski definition) is 0. The van der Waals surface area contributed by atoms with Gasteiger partial charge >= 0.3 is 0 Å². The molecule has 0 saturated heterocycles. The number of nitrogens with zero attached hydrogens (tertiary/aromatic N) is 1. The average molecular weight is 297 g/mol. The van der Waals surface area contributed by atoms with Crippen LogP contribution in [0, 0.1) is 0 Å². The van der Waals surface area contributed by atoms with Gasteiger partial charge in [-0.1, -0.05) is 25.1 Å². The third kappa shape index (κ3) is 3.13. The summed E-state index contributed by atoms with van der Waals surface area (Å²) in [5.74, 6) is 0.880. The molecule has 0 aliphatic carbocycles. The van der Waals surface area contributed by atoms with Crippen LogP contribution < -0.4 is 4.74 Å². The maximum Gasteiger partial charge on any atom is 0.118 e. The van der Waals surface area contributed by atoms with Crippen LogP contribution in [0.3, 0.4) is 0 Å². The maximum absolute atomic E-state index is 5.23. The summed E-state index contributed by atoms with van der Waals surface area (Å²) >= 11 is 1.88. The summed E-state index contributed by atoms with van der Waals surface area (Å²) < 4.78 is 5.23. The molecule has 0 amide bonds. The smallest absolute Gasteiger partial charge is 0.118 e. The lowest BCUT2D eigenvalue weighted by Gasteiger charge is -2.13. The third-order valence-corrected chi connectivity index (χ3v) is 5.12. The molecule has 0 bridgehead atoms. The summed E-state index contributed by atoms with van der Waals surface area (Å²) in [5, 5.41) is 1.68. The Morgan fingerprint density at radius 1 is 1.14 bits per heavy atom. The van der Waals surface area contributed by atoms with E-state index in [1.54, 1.807) is 7.11 Å². The van der Waals surface area contributed by atoms with Crippen LogP contribution in [0.4, 0.5) is 5.69 Å². The normalized spacial score (nSPS) is 17.6. The molecule has 108 valence electrons. The van der Waals surface area contributed by atoms with E-state index in [2.05, 4.69) is 43.3 Å². The topological polar surface area (TPSA) is 21.6 Å². The summed E-state index contributed by atoms with van der Waals surface area (Å²) in [7, 11) is 1.69. The second-order valence-corrected chi connectivity index (χ2v) is 6.42. The van der Waals surface area contributed by atoms with E-state index in [0.717, 1.165) is 34.9 Å². The Balaban J connectivity index is 2.01. The predicted molar refractivity (Wildman–Crippen MR) is 91.0 cm³/mol. The van der Waals surface area contributed by atoms with Crippen molar-refractivity contribution >= 4 is 22.5 Å². The fraction of sp³-hybridized carbons (Fsp3) is 0.278. The van der Waals surface area contributed by atoms with Gasteiger partial charge in [0.1, 0.15) is 10.8 Å². The standard InChI is InChI=1S/C18H19NOS/c1-3-16-12-14-6-4-5-7-17(14)19-18(21-16)13-8-10-15(20-2)11-9-13/h4-11,16H,3,12H2,1-2H3. The average Bonchev–Trinajstić information content (AvgIpc) is 2.74. The fourth-order valence-electron chi connectivity index (χ4n) is 2.47. The summed E-state index contributed by atoms with van der Waals surface area (Å²) in [6.45, 7) is 2.25. The Labute approximate surface area is 130 Å². The SMILES string of the molecule is CCC1Cc2ccccc2N=C(c2ccc(OC)cc2)S1. The summed E-state index contributed by atoms with van der Waals surface area (Å²) in [4.78, 5) is 4.90. The first kappa shape index (κ1) is 14.2. The van der Waals surface area contributed by atoms with Crippen LogP contribution in [-0.2, 0) is 6.42 Å². The number of aliphatic imine (C=N–C) groups is 1.